The van der Waals surface area contributed by atoms with E-state index in [1.54, 1.807) is 11.5 Å². The third-order valence-corrected chi connectivity index (χ3v) is 9.04. The molecule has 4 nitrogen and oxygen atoms in total. The molecule has 0 radical (unpaired) electrons. The first-order valence-electron chi connectivity index (χ1n) is 10.9. The van der Waals surface area contributed by atoms with E-state index in [4.69, 9.17) is 5.21 Å². The van der Waals surface area contributed by atoms with Crippen LogP contribution in [0.25, 0.3) is 0 Å². The highest BCUT2D eigenvalue weighted by Crippen LogP contribution is 2.79. The molecule has 7 atom stereocenters. The molecule has 0 spiro atoms. The largest absolute Gasteiger partial charge is 0.298 e. The van der Waals surface area contributed by atoms with Gasteiger partial charge in [0.15, 0.2) is 0 Å². The van der Waals surface area contributed by atoms with Gasteiger partial charge in [0.05, 0.1) is 0 Å². The third-order valence-electron chi connectivity index (χ3n) is 9.04. The molecule has 4 fully saturated rings. The van der Waals surface area contributed by atoms with Crippen molar-refractivity contribution in [2.24, 2.45) is 40.9 Å². The number of nitrogens with zero attached hydrogens (tertiary/aromatic N) is 1. The quantitative estimate of drug-likeness (QED) is 0.618. The zero-order valence-electron chi connectivity index (χ0n) is 16.5. The lowest BCUT2D eigenvalue weighted by molar-refractivity contribution is -0.0287. The topological polar surface area (TPSA) is 52.6 Å². The van der Waals surface area contributed by atoms with Crippen LogP contribution in [0.3, 0.4) is 0 Å². The number of hydrogen-bond acceptors (Lipinski definition) is 3. The summed E-state index contributed by atoms with van der Waals surface area (Å²) in [6, 6.07) is 2.98. The maximum atomic E-state index is 14.6. The summed E-state index contributed by atoms with van der Waals surface area (Å²) >= 11 is 0. The van der Waals surface area contributed by atoms with E-state index in [1.807, 2.05) is 0 Å². The van der Waals surface area contributed by atoms with Crippen LogP contribution >= 0.6 is 0 Å². The lowest BCUT2D eigenvalue weighted by atomic mass is 9.53. The summed E-state index contributed by atoms with van der Waals surface area (Å²) in [4.78, 5) is 14.1. The summed E-state index contributed by atoms with van der Waals surface area (Å²) in [6.45, 7) is 5.19. The average Bonchev–Trinajstić information content (AvgIpc) is 3.22. The van der Waals surface area contributed by atoms with Crippen LogP contribution in [0.5, 0.6) is 0 Å². The summed E-state index contributed by atoms with van der Waals surface area (Å²) in [7, 11) is 0. The molecule has 1 amide bonds. The Bertz CT molecular complexity index is 857. The van der Waals surface area contributed by atoms with E-state index in [9.17, 15) is 9.18 Å². The first kappa shape index (κ1) is 17.4. The highest BCUT2D eigenvalue weighted by molar-refractivity contribution is 5.93. The van der Waals surface area contributed by atoms with Crippen molar-refractivity contribution in [2.45, 2.75) is 45.6 Å². The van der Waals surface area contributed by atoms with Gasteiger partial charge in [0, 0.05) is 30.8 Å². The molecule has 0 saturated heterocycles. The fraction of sp³-hybridized carbons (Fsp3) is 0.696. The first-order valence-corrected chi connectivity index (χ1v) is 10.9. The zero-order valence-corrected chi connectivity index (χ0v) is 16.5. The maximum Gasteiger partial charge on any atom is 0.274 e. The predicted molar refractivity (Wildman–Crippen MR) is 102 cm³/mol. The van der Waals surface area contributed by atoms with E-state index in [-0.39, 0.29) is 11.4 Å². The Morgan fingerprint density at radius 2 is 2.18 bits per heavy atom. The van der Waals surface area contributed by atoms with Gasteiger partial charge in [-0.1, -0.05) is 6.92 Å². The van der Waals surface area contributed by atoms with Crippen molar-refractivity contribution < 1.29 is 14.4 Å². The van der Waals surface area contributed by atoms with Crippen molar-refractivity contribution in [3.05, 3.63) is 34.6 Å². The summed E-state index contributed by atoms with van der Waals surface area (Å²) in [5.74, 6) is 4.82. The van der Waals surface area contributed by atoms with Crippen LogP contribution in [0.2, 0.25) is 0 Å². The zero-order chi connectivity index (χ0) is 19.2. The number of rotatable bonds is 3. The molecule has 4 unspecified atom stereocenters. The number of amides is 1. The van der Waals surface area contributed by atoms with Crippen molar-refractivity contribution in [1.29, 1.82) is 0 Å². The van der Waals surface area contributed by atoms with E-state index in [2.05, 4.69) is 11.8 Å². The van der Waals surface area contributed by atoms with Crippen LogP contribution in [-0.4, -0.2) is 29.1 Å². The van der Waals surface area contributed by atoms with Gasteiger partial charge in [0.1, 0.15) is 5.82 Å². The Hall–Kier alpha value is -1.46. The van der Waals surface area contributed by atoms with Crippen molar-refractivity contribution in [3.63, 3.8) is 0 Å². The Kier molecular flexibility index (Phi) is 3.60. The molecule has 2 N–H and O–H groups in total. The molecule has 150 valence electrons. The maximum absolute atomic E-state index is 14.6. The van der Waals surface area contributed by atoms with Gasteiger partial charge < -0.3 is 0 Å². The van der Waals surface area contributed by atoms with Gasteiger partial charge in [0.25, 0.3) is 5.91 Å². The van der Waals surface area contributed by atoms with Gasteiger partial charge in [-0.15, -0.1) is 0 Å². The molecule has 5 aliphatic rings. The number of halogens is 1. The third kappa shape index (κ3) is 2.38. The van der Waals surface area contributed by atoms with E-state index in [1.165, 1.54) is 31.7 Å². The van der Waals surface area contributed by atoms with E-state index in [0.717, 1.165) is 66.1 Å². The van der Waals surface area contributed by atoms with Gasteiger partial charge in [-0.2, -0.15) is 0 Å². The van der Waals surface area contributed by atoms with E-state index >= 15 is 0 Å². The molecule has 4 aliphatic carbocycles. The van der Waals surface area contributed by atoms with Crippen LogP contribution in [0.4, 0.5) is 4.39 Å². The van der Waals surface area contributed by atoms with Crippen molar-refractivity contribution in [3.8, 4) is 0 Å². The summed E-state index contributed by atoms with van der Waals surface area (Å²) in [6.07, 6.45) is 6.47. The highest BCUT2D eigenvalue weighted by Gasteiger charge is 2.72. The number of carbonyl (C=O) groups is 1. The summed E-state index contributed by atoms with van der Waals surface area (Å²) in [5.41, 5.74) is 4.11. The lowest BCUT2D eigenvalue weighted by Crippen LogP contribution is -2.45. The molecular formula is C23H29FN2O2. The highest BCUT2D eigenvalue weighted by atomic mass is 19.1. The molecule has 1 aliphatic heterocycles. The number of hydroxylamine groups is 1. The molecule has 6 rings (SSSR count). The molecular weight excluding hydrogens is 355 g/mol. The number of carbonyl (C=O) groups excluding carboxylic acids is 1. The monoisotopic (exact) mass is 384 g/mol. The minimum Gasteiger partial charge on any atom is -0.298 e. The predicted octanol–water partition coefficient (Wildman–Crippen LogP) is 3.62. The van der Waals surface area contributed by atoms with E-state index in [0.29, 0.717) is 12.0 Å². The smallest absolute Gasteiger partial charge is 0.274 e. The van der Waals surface area contributed by atoms with Crippen molar-refractivity contribution >= 4 is 5.91 Å². The minimum atomic E-state index is -0.649. The van der Waals surface area contributed by atoms with Crippen LogP contribution < -0.4 is 5.48 Å². The summed E-state index contributed by atoms with van der Waals surface area (Å²) < 4.78 is 14.6. The second-order valence-corrected chi connectivity index (χ2v) is 10.6. The molecule has 1 heterocycles. The van der Waals surface area contributed by atoms with Crippen molar-refractivity contribution in [2.75, 3.05) is 13.1 Å². The molecule has 1 aromatic carbocycles. The van der Waals surface area contributed by atoms with Crippen LogP contribution in [0.1, 0.15) is 54.1 Å². The Morgan fingerprint density at radius 3 is 3.00 bits per heavy atom. The number of benzene rings is 1. The lowest BCUT2D eigenvalue weighted by Gasteiger charge is -2.52. The van der Waals surface area contributed by atoms with Crippen LogP contribution in [-0.2, 0) is 13.0 Å². The Morgan fingerprint density at radius 1 is 1.32 bits per heavy atom. The molecule has 1 aromatic rings. The van der Waals surface area contributed by atoms with Crippen LogP contribution in [0.15, 0.2) is 12.1 Å². The molecule has 0 aromatic heterocycles. The second-order valence-electron chi connectivity index (χ2n) is 10.6. The molecule has 28 heavy (non-hydrogen) atoms. The molecule has 4 saturated carbocycles. The average molecular weight is 384 g/mol. The van der Waals surface area contributed by atoms with Gasteiger partial charge in [-0.05, 0) is 90.7 Å². The van der Waals surface area contributed by atoms with E-state index < -0.39 is 5.91 Å². The minimum absolute atomic E-state index is 0.194. The second kappa shape index (κ2) is 5.79. The van der Waals surface area contributed by atoms with Gasteiger partial charge in [0.2, 0.25) is 0 Å². The van der Waals surface area contributed by atoms with Gasteiger partial charge in [-0.25, -0.2) is 9.87 Å². The normalized spacial score (nSPS) is 42.8. The van der Waals surface area contributed by atoms with Crippen LogP contribution in [0, 0.1) is 46.7 Å². The Labute approximate surface area is 165 Å². The number of fused-ring (bicyclic) bond motifs is 2. The number of hydrogen-bond donors (Lipinski definition) is 2. The number of nitrogens with one attached hydrogen (secondary N) is 1. The molecule has 0 bridgehead atoms. The van der Waals surface area contributed by atoms with Gasteiger partial charge >= 0.3 is 0 Å². The van der Waals surface area contributed by atoms with Crippen molar-refractivity contribution in [1.82, 2.24) is 10.4 Å². The van der Waals surface area contributed by atoms with Gasteiger partial charge in [-0.3, -0.25) is 14.9 Å². The Balaban J connectivity index is 1.16. The summed E-state index contributed by atoms with van der Waals surface area (Å²) in [5, 5.41) is 8.81. The standard InChI is InChI=1S/C23H29FN2O2/c1-23-8-15-4-12(5-16-17(9-23)20(16)21(15)23)10-26-3-2-13-6-14(22(27)25-28)7-19(24)18(13)11-26/h6-7,12,15-17,20-21,28H,2-5,8-11H2,1H3,(H,25,27)/t12?,15-,16-,17?,20-,21?,23?/m1/s1. The molecule has 5 heteroatoms. The SMILES string of the molecule is CC12CC3[C@@H]4C1[C@H](CC(CN1CCc5cc(C(=O)NO)cc(F)c5C1)C[C@H]34)C2. The fourth-order valence-corrected chi connectivity index (χ4v) is 8.11. The fourth-order valence-electron chi connectivity index (χ4n) is 8.11. The first-order chi connectivity index (χ1) is 13.5.